The van der Waals surface area contributed by atoms with Crippen molar-refractivity contribution in [2.45, 2.75) is 0 Å². The van der Waals surface area contributed by atoms with E-state index in [4.69, 9.17) is 4.74 Å². The molecule has 0 fully saturated rings. The Kier molecular flexibility index (Phi) is 2.91. The molecule has 0 atom stereocenters. The van der Waals surface area contributed by atoms with Gasteiger partial charge in [-0.25, -0.2) is 0 Å². The first-order chi connectivity index (χ1) is 9.67. The zero-order valence-corrected chi connectivity index (χ0v) is 10.9. The van der Waals surface area contributed by atoms with E-state index in [0.29, 0.717) is 11.3 Å². The van der Waals surface area contributed by atoms with Crippen molar-refractivity contribution in [2.75, 3.05) is 12.4 Å². The monoisotopic (exact) mass is 267 g/mol. The van der Waals surface area contributed by atoms with E-state index in [2.05, 4.69) is 5.32 Å². The van der Waals surface area contributed by atoms with E-state index in [1.54, 1.807) is 37.5 Å². The Morgan fingerprint density at radius 3 is 2.60 bits per heavy atom. The molecular weight excluding hydrogens is 254 g/mol. The number of fused-ring (bicyclic) bond motifs is 1. The highest BCUT2D eigenvalue weighted by Crippen LogP contribution is 2.35. The van der Waals surface area contributed by atoms with E-state index in [0.717, 1.165) is 16.8 Å². The summed E-state index contributed by atoms with van der Waals surface area (Å²) in [7, 11) is 1.59. The molecule has 0 saturated carbocycles. The molecule has 0 spiro atoms. The number of methoxy groups -OCH3 is 1. The van der Waals surface area contributed by atoms with Gasteiger partial charge in [-0.05, 0) is 42.0 Å². The topological polar surface area (TPSA) is 58.6 Å². The van der Waals surface area contributed by atoms with Gasteiger partial charge < -0.3 is 15.2 Å². The van der Waals surface area contributed by atoms with Crippen molar-refractivity contribution >= 4 is 23.2 Å². The fourth-order valence-corrected chi connectivity index (χ4v) is 2.17. The molecule has 0 saturated heterocycles. The van der Waals surface area contributed by atoms with E-state index in [1.165, 1.54) is 0 Å². The minimum atomic E-state index is -0.138. The Bertz CT molecular complexity index is 702. The van der Waals surface area contributed by atoms with Crippen molar-refractivity contribution in [2.24, 2.45) is 0 Å². The number of hydrogen-bond acceptors (Lipinski definition) is 3. The molecule has 2 N–H and O–H groups in total. The van der Waals surface area contributed by atoms with Crippen molar-refractivity contribution in [3.05, 3.63) is 53.6 Å². The first-order valence-electron chi connectivity index (χ1n) is 6.18. The minimum Gasteiger partial charge on any atom is -0.508 e. The van der Waals surface area contributed by atoms with Crippen LogP contribution in [0.2, 0.25) is 0 Å². The maximum absolute atomic E-state index is 12.0. The first-order valence-corrected chi connectivity index (χ1v) is 6.18. The van der Waals surface area contributed by atoms with E-state index >= 15 is 0 Å². The van der Waals surface area contributed by atoms with E-state index in [1.807, 2.05) is 18.2 Å². The Hall–Kier alpha value is -2.75. The Morgan fingerprint density at radius 1 is 1.15 bits per heavy atom. The van der Waals surface area contributed by atoms with Crippen molar-refractivity contribution < 1.29 is 14.6 Å². The highest BCUT2D eigenvalue weighted by atomic mass is 16.5. The second-order valence-electron chi connectivity index (χ2n) is 4.52. The van der Waals surface area contributed by atoms with Gasteiger partial charge in [-0.2, -0.15) is 0 Å². The number of carbonyl (C=O) groups excluding carboxylic acids is 1. The van der Waals surface area contributed by atoms with Crippen molar-refractivity contribution in [1.29, 1.82) is 0 Å². The molecule has 2 aromatic rings. The summed E-state index contributed by atoms with van der Waals surface area (Å²) in [4.78, 5) is 12.0. The molecule has 4 heteroatoms. The third kappa shape index (κ3) is 2.12. The summed E-state index contributed by atoms with van der Waals surface area (Å²) in [5.74, 6) is 0.767. The number of carbonyl (C=O) groups is 1. The molecule has 1 heterocycles. The number of benzene rings is 2. The van der Waals surface area contributed by atoms with Gasteiger partial charge in [0.1, 0.15) is 11.5 Å². The van der Waals surface area contributed by atoms with Gasteiger partial charge >= 0.3 is 0 Å². The highest BCUT2D eigenvalue weighted by molar-refractivity contribution is 6.35. The van der Waals surface area contributed by atoms with Crippen LogP contribution in [0.3, 0.4) is 0 Å². The van der Waals surface area contributed by atoms with Gasteiger partial charge in [0.15, 0.2) is 0 Å². The van der Waals surface area contributed by atoms with Crippen LogP contribution in [0.5, 0.6) is 11.5 Å². The number of amides is 1. The molecule has 3 rings (SSSR count). The molecule has 0 aromatic heterocycles. The summed E-state index contributed by atoms with van der Waals surface area (Å²) in [6.45, 7) is 0. The fourth-order valence-electron chi connectivity index (χ4n) is 2.17. The number of hydrogen-bond donors (Lipinski definition) is 2. The molecule has 20 heavy (non-hydrogen) atoms. The summed E-state index contributed by atoms with van der Waals surface area (Å²) >= 11 is 0. The normalized spacial score (nSPS) is 15.1. The zero-order chi connectivity index (χ0) is 14.1. The number of phenols is 1. The molecular formula is C16H13NO3. The van der Waals surface area contributed by atoms with Gasteiger partial charge in [0.05, 0.1) is 7.11 Å². The quantitative estimate of drug-likeness (QED) is 0.822. The van der Waals surface area contributed by atoms with Crippen LogP contribution >= 0.6 is 0 Å². The van der Waals surface area contributed by atoms with Crippen molar-refractivity contribution in [3.8, 4) is 11.5 Å². The lowest BCUT2D eigenvalue weighted by Crippen LogP contribution is -2.03. The predicted molar refractivity (Wildman–Crippen MR) is 77.6 cm³/mol. The third-order valence-corrected chi connectivity index (χ3v) is 3.21. The lowest BCUT2D eigenvalue weighted by atomic mass is 10.0. The zero-order valence-electron chi connectivity index (χ0n) is 10.9. The van der Waals surface area contributed by atoms with Gasteiger partial charge in [0.2, 0.25) is 0 Å². The van der Waals surface area contributed by atoms with E-state index in [-0.39, 0.29) is 11.7 Å². The van der Waals surface area contributed by atoms with Gasteiger partial charge in [-0.15, -0.1) is 0 Å². The summed E-state index contributed by atoms with van der Waals surface area (Å²) in [5.41, 5.74) is 3.04. The first kappa shape index (κ1) is 12.3. The van der Waals surface area contributed by atoms with Crippen LogP contribution in [0.25, 0.3) is 11.6 Å². The average Bonchev–Trinajstić information content (AvgIpc) is 2.77. The number of ether oxygens (including phenoxy) is 1. The van der Waals surface area contributed by atoms with Crippen LogP contribution < -0.4 is 10.1 Å². The fraction of sp³-hybridized carbons (Fsp3) is 0.0625. The standard InChI is InChI=1S/C16H13NO3/c1-20-12-6-7-15-13(9-12)14(16(19)17-15)8-10-2-4-11(18)5-3-10/h2-9,18H,1H3,(H,17,19)/b14-8+. The van der Waals surface area contributed by atoms with Crippen LogP contribution in [0, 0.1) is 0 Å². The second-order valence-corrected chi connectivity index (χ2v) is 4.52. The van der Waals surface area contributed by atoms with Crippen molar-refractivity contribution in [1.82, 2.24) is 0 Å². The predicted octanol–water partition coefficient (Wildman–Crippen LogP) is 2.89. The number of rotatable bonds is 2. The maximum atomic E-state index is 12.0. The minimum absolute atomic E-state index is 0.138. The number of anilines is 1. The molecule has 100 valence electrons. The van der Waals surface area contributed by atoms with Gasteiger partial charge in [0, 0.05) is 16.8 Å². The highest BCUT2D eigenvalue weighted by Gasteiger charge is 2.24. The van der Waals surface area contributed by atoms with Crippen molar-refractivity contribution in [3.63, 3.8) is 0 Å². The smallest absolute Gasteiger partial charge is 0.256 e. The number of aromatic hydroxyl groups is 1. The van der Waals surface area contributed by atoms with Gasteiger partial charge in [-0.3, -0.25) is 4.79 Å². The molecule has 0 aliphatic carbocycles. The molecule has 0 bridgehead atoms. The molecule has 2 aromatic carbocycles. The summed E-state index contributed by atoms with van der Waals surface area (Å²) in [6, 6.07) is 12.2. The molecule has 0 radical (unpaired) electrons. The van der Waals surface area contributed by atoms with Crippen LogP contribution in [0.4, 0.5) is 5.69 Å². The van der Waals surface area contributed by atoms with Gasteiger partial charge in [0.25, 0.3) is 5.91 Å². The largest absolute Gasteiger partial charge is 0.508 e. The lowest BCUT2D eigenvalue weighted by molar-refractivity contribution is -0.110. The summed E-state index contributed by atoms with van der Waals surface area (Å²) < 4.78 is 5.19. The molecule has 1 aliphatic heterocycles. The molecule has 0 unspecified atom stereocenters. The summed E-state index contributed by atoms with van der Waals surface area (Å²) in [5, 5.41) is 12.1. The Morgan fingerprint density at radius 2 is 1.90 bits per heavy atom. The van der Waals surface area contributed by atoms with Crippen LogP contribution in [-0.2, 0) is 4.79 Å². The number of nitrogens with one attached hydrogen (secondary N) is 1. The maximum Gasteiger partial charge on any atom is 0.256 e. The molecule has 4 nitrogen and oxygen atoms in total. The second kappa shape index (κ2) is 4.74. The Labute approximate surface area is 116 Å². The SMILES string of the molecule is COc1ccc2c(c1)/C(=C\c1ccc(O)cc1)C(=O)N2. The average molecular weight is 267 g/mol. The summed E-state index contributed by atoms with van der Waals surface area (Å²) in [6.07, 6.45) is 1.79. The van der Waals surface area contributed by atoms with E-state index in [9.17, 15) is 9.90 Å². The lowest BCUT2D eigenvalue weighted by Gasteiger charge is -2.03. The van der Waals surface area contributed by atoms with E-state index < -0.39 is 0 Å². The van der Waals surface area contributed by atoms with Crippen LogP contribution in [-0.4, -0.2) is 18.1 Å². The molecule has 1 aliphatic rings. The third-order valence-electron chi connectivity index (χ3n) is 3.21. The van der Waals surface area contributed by atoms with Gasteiger partial charge in [-0.1, -0.05) is 12.1 Å². The van der Waals surface area contributed by atoms with Crippen LogP contribution in [0.15, 0.2) is 42.5 Å². The molecule has 1 amide bonds. The Balaban J connectivity index is 2.06. The van der Waals surface area contributed by atoms with Crippen LogP contribution in [0.1, 0.15) is 11.1 Å². The number of phenolic OH excluding ortho intramolecular Hbond substituents is 1.